The Bertz CT molecular complexity index is 236. The lowest BCUT2D eigenvalue weighted by Gasteiger charge is -2.23. The first-order valence-electron chi connectivity index (χ1n) is 5.82. The average Bonchev–Trinajstić information content (AvgIpc) is 2.18. The van der Waals surface area contributed by atoms with E-state index in [1.165, 1.54) is 12.8 Å². The van der Waals surface area contributed by atoms with E-state index in [4.69, 9.17) is 0 Å². The average molecular weight is 210 g/mol. The van der Waals surface area contributed by atoms with Crippen LogP contribution >= 0.6 is 0 Å². The van der Waals surface area contributed by atoms with Crippen LogP contribution in [0, 0.1) is 0 Å². The van der Waals surface area contributed by atoms with E-state index in [1.807, 2.05) is 20.8 Å². The van der Waals surface area contributed by atoms with Gasteiger partial charge in [-0.05, 0) is 40.0 Å². The lowest BCUT2D eigenvalue weighted by molar-refractivity contribution is -0.123. The molecule has 0 aliphatic heterocycles. The highest BCUT2D eigenvalue weighted by molar-refractivity contribution is 5.81. The first kappa shape index (κ1) is 12.2. The molecule has 15 heavy (non-hydrogen) atoms. The zero-order valence-corrected chi connectivity index (χ0v) is 9.92. The van der Waals surface area contributed by atoms with Gasteiger partial charge >= 0.3 is 0 Å². The van der Waals surface area contributed by atoms with Crippen molar-refractivity contribution in [1.29, 1.82) is 0 Å². The van der Waals surface area contributed by atoms with Crippen LogP contribution in [0.15, 0.2) is 12.2 Å². The maximum Gasteiger partial charge on any atom is 0.237 e. The third kappa shape index (κ3) is 4.47. The molecule has 0 saturated carbocycles. The molecule has 2 atom stereocenters. The Balaban J connectivity index is 2.33. The number of nitrogens with one attached hydrogen (secondary N) is 2. The molecular formula is C12H22N2O. The SMILES string of the molecule is CC(C)NC(=O)C(C)NC1C=CCCC1. The van der Waals surface area contributed by atoms with Gasteiger partial charge in [0.2, 0.25) is 5.91 Å². The predicted molar refractivity (Wildman–Crippen MR) is 62.7 cm³/mol. The largest absolute Gasteiger partial charge is 0.353 e. The number of amides is 1. The molecule has 0 aromatic carbocycles. The molecule has 1 aliphatic carbocycles. The van der Waals surface area contributed by atoms with Crippen molar-refractivity contribution in [3.8, 4) is 0 Å². The molecule has 1 amide bonds. The van der Waals surface area contributed by atoms with Gasteiger partial charge in [-0.15, -0.1) is 0 Å². The van der Waals surface area contributed by atoms with E-state index in [2.05, 4.69) is 22.8 Å². The van der Waals surface area contributed by atoms with Gasteiger partial charge in [-0.25, -0.2) is 0 Å². The highest BCUT2D eigenvalue weighted by atomic mass is 16.2. The third-order valence-electron chi connectivity index (χ3n) is 2.54. The second-order valence-electron chi connectivity index (χ2n) is 4.52. The molecule has 0 bridgehead atoms. The summed E-state index contributed by atoms with van der Waals surface area (Å²) in [6.45, 7) is 5.87. The first-order chi connectivity index (χ1) is 7.09. The van der Waals surface area contributed by atoms with E-state index in [9.17, 15) is 4.79 Å². The lowest BCUT2D eigenvalue weighted by Crippen LogP contribution is -2.48. The number of hydrogen-bond acceptors (Lipinski definition) is 2. The molecule has 0 spiro atoms. The van der Waals surface area contributed by atoms with Gasteiger partial charge in [0.05, 0.1) is 6.04 Å². The van der Waals surface area contributed by atoms with Crippen LogP contribution in [-0.4, -0.2) is 24.0 Å². The van der Waals surface area contributed by atoms with Crippen LogP contribution in [-0.2, 0) is 4.79 Å². The van der Waals surface area contributed by atoms with Crippen molar-refractivity contribution in [2.75, 3.05) is 0 Å². The third-order valence-corrected chi connectivity index (χ3v) is 2.54. The summed E-state index contributed by atoms with van der Waals surface area (Å²) in [5.41, 5.74) is 0. The zero-order valence-electron chi connectivity index (χ0n) is 9.92. The molecule has 2 N–H and O–H groups in total. The molecule has 0 heterocycles. The summed E-state index contributed by atoms with van der Waals surface area (Å²) in [4.78, 5) is 11.6. The van der Waals surface area contributed by atoms with E-state index < -0.39 is 0 Å². The molecule has 0 saturated heterocycles. The second kappa shape index (κ2) is 5.91. The van der Waals surface area contributed by atoms with Crippen LogP contribution in [0.3, 0.4) is 0 Å². The standard InChI is InChI=1S/C12H22N2O/c1-9(2)13-12(15)10(3)14-11-7-5-4-6-8-11/h5,7,9-11,14H,4,6,8H2,1-3H3,(H,13,15). The minimum atomic E-state index is -0.111. The van der Waals surface area contributed by atoms with Gasteiger partial charge in [0.1, 0.15) is 0 Å². The number of rotatable bonds is 4. The van der Waals surface area contributed by atoms with Gasteiger partial charge in [-0.3, -0.25) is 10.1 Å². The Morgan fingerprint density at radius 2 is 2.13 bits per heavy atom. The minimum Gasteiger partial charge on any atom is -0.353 e. The molecule has 0 aromatic rings. The fourth-order valence-corrected chi connectivity index (χ4v) is 1.76. The number of carbonyl (C=O) groups excluding carboxylic acids is 1. The molecule has 1 aliphatic rings. The topological polar surface area (TPSA) is 41.1 Å². The Morgan fingerprint density at radius 1 is 1.40 bits per heavy atom. The predicted octanol–water partition coefficient (Wildman–Crippen LogP) is 1.60. The second-order valence-corrected chi connectivity index (χ2v) is 4.52. The molecule has 3 heteroatoms. The summed E-state index contributed by atoms with van der Waals surface area (Å²) in [6.07, 6.45) is 7.88. The van der Waals surface area contributed by atoms with E-state index in [-0.39, 0.29) is 18.0 Å². The van der Waals surface area contributed by atoms with E-state index >= 15 is 0 Å². The molecule has 3 nitrogen and oxygen atoms in total. The van der Waals surface area contributed by atoms with Crippen LogP contribution in [0.2, 0.25) is 0 Å². The molecule has 2 unspecified atom stereocenters. The van der Waals surface area contributed by atoms with Crippen molar-refractivity contribution in [2.24, 2.45) is 0 Å². The quantitative estimate of drug-likeness (QED) is 0.692. The van der Waals surface area contributed by atoms with Gasteiger partial charge in [-0.1, -0.05) is 12.2 Å². The van der Waals surface area contributed by atoms with Crippen LogP contribution in [0.1, 0.15) is 40.0 Å². The molecule has 0 radical (unpaired) electrons. The fourth-order valence-electron chi connectivity index (χ4n) is 1.76. The highest BCUT2D eigenvalue weighted by Crippen LogP contribution is 2.10. The van der Waals surface area contributed by atoms with Crippen LogP contribution in [0.4, 0.5) is 0 Å². The van der Waals surface area contributed by atoms with E-state index in [1.54, 1.807) is 0 Å². The maximum absolute atomic E-state index is 11.6. The first-order valence-corrected chi connectivity index (χ1v) is 5.82. The van der Waals surface area contributed by atoms with Crippen molar-refractivity contribution in [3.05, 3.63) is 12.2 Å². The summed E-state index contributed by atoms with van der Waals surface area (Å²) in [7, 11) is 0. The molecule has 0 aromatic heterocycles. The van der Waals surface area contributed by atoms with Gasteiger partial charge in [0.25, 0.3) is 0 Å². The van der Waals surface area contributed by atoms with E-state index in [0.29, 0.717) is 6.04 Å². The van der Waals surface area contributed by atoms with Crippen molar-refractivity contribution in [3.63, 3.8) is 0 Å². The van der Waals surface area contributed by atoms with Crippen LogP contribution < -0.4 is 10.6 Å². The van der Waals surface area contributed by atoms with Crippen LogP contribution in [0.5, 0.6) is 0 Å². The Labute approximate surface area is 92.3 Å². The summed E-state index contributed by atoms with van der Waals surface area (Å²) < 4.78 is 0. The van der Waals surface area contributed by atoms with Crippen LogP contribution in [0.25, 0.3) is 0 Å². The molecule has 0 fully saturated rings. The zero-order chi connectivity index (χ0) is 11.3. The Kier molecular flexibility index (Phi) is 4.82. The van der Waals surface area contributed by atoms with E-state index in [0.717, 1.165) is 6.42 Å². The summed E-state index contributed by atoms with van der Waals surface area (Å²) in [5.74, 6) is 0.0870. The maximum atomic E-state index is 11.6. The minimum absolute atomic E-state index is 0.0870. The lowest BCUT2D eigenvalue weighted by atomic mass is 10.0. The molecular weight excluding hydrogens is 188 g/mol. The van der Waals surface area contributed by atoms with Crippen molar-refractivity contribution in [2.45, 2.75) is 58.2 Å². The van der Waals surface area contributed by atoms with Gasteiger partial charge in [0, 0.05) is 12.1 Å². The van der Waals surface area contributed by atoms with Gasteiger partial charge < -0.3 is 5.32 Å². The number of carbonyl (C=O) groups is 1. The van der Waals surface area contributed by atoms with Crippen molar-refractivity contribution < 1.29 is 4.79 Å². The number of hydrogen-bond donors (Lipinski definition) is 2. The number of allylic oxidation sites excluding steroid dienone is 1. The molecule has 1 rings (SSSR count). The summed E-state index contributed by atoms with van der Waals surface area (Å²) >= 11 is 0. The molecule has 86 valence electrons. The normalized spacial score (nSPS) is 22.8. The Hall–Kier alpha value is -0.830. The van der Waals surface area contributed by atoms with Gasteiger partial charge in [-0.2, -0.15) is 0 Å². The highest BCUT2D eigenvalue weighted by Gasteiger charge is 2.17. The summed E-state index contributed by atoms with van der Waals surface area (Å²) in [6, 6.07) is 0.468. The monoisotopic (exact) mass is 210 g/mol. The fraction of sp³-hybridized carbons (Fsp3) is 0.750. The van der Waals surface area contributed by atoms with Crippen molar-refractivity contribution in [1.82, 2.24) is 10.6 Å². The van der Waals surface area contributed by atoms with Crippen molar-refractivity contribution >= 4 is 5.91 Å². The summed E-state index contributed by atoms with van der Waals surface area (Å²) in [5, 5.41) is 6.23. The Morgan fingerprint density at radius 3 is 2.67 bits per heavy atom. The van der Waals surface area contributed by atoms with Gasteiger partial charge in [0.15, 0.2) is 0 Å². The smallest absolute Gasteiger partial charge is 0.237 e.